The minimum Gasteiger partial charge on any atom is -0.348 e. The molecule has 5 aromatic rings. The first kappa shape index (κ1) is 17.6. The van der Waals surface area contributed by atoms with Crippen LogP contribution in [0.5, 0.6) is 0 Å². The first-order valence-electron chi connectivity index (χ1n) is 9.17. The largest absolute Gasteiger partial charge is 0.348 e. The molecule has 0 fully saturated rings. The third-order valence-electron chi connectivity index (χ3n) is 4.77. The molecule has 0 atom stereocenters. The maximum Gasteiger partial charge on any atom is 0.251 e. The van der Waals surface area contributed by atoms with Crippen LogP contribution in [0.15, 0.2) is 79.0 Å². The second kappa shape index (κ2) is 7.14. The summed E-state index contributed by atoms with van der Waals surface area (Å²) in [5.41, 5.74) is 4.31. The second-order valence-corrected chi connectivity index (χ2v) is 7.75. The van der Waals surface area contributed by atoms with E-state index in [2.05, 4.69) is 9.72 Å². The molecular weight excluding hydrogens is 385 g/mol. The Kier molecular flexibility index (Phi) is 4.33. The van der Waals surface area contributed by atoms with Crippen molar-refractivity contribution < 1.29 is 9.18 Å². The number of hydrogen-bond donors (Lipinski definition) is 1. The van der Waals surface area contributed by atoms with Crippen molar-refractivity contribution in [3.63, 3.8) is 0 Å². The lowest BCUT2D eigenvalue weighted by Gasteiger charge is -2.06. The molecule has 0 radical (unpaired) electrons. The van der Waals surface area contributed by atoms with Crippen LogP contribution in [0.3, 0.4) is 0 Å². The molecule has 0 saturated carbocycles. The fourth-order valence-corrected chi connectivity index (χ4v) is 4.37. The van der Waals surface area contributed by atoms with Crippen molar-refractivity contribution in [2.45, 2.75) is 6.54 Å². The number of aromatic nitrogens is 2. The number of nitrogens with one attached hydrogen (secondary N) is 1. The lowest BCUT2D eigenvalue weighted by Crippen LogP contribution is -2.22. The van der Waals surface area contributed by atoms with E-state index in [1.54, 1.807) is 29.5 Å². The molecule has 6 heteroatoms. The van der Waals surface area contributed by atoms with Crippen LogP contribution in [-0.4, -0.2) is 15.3 Å². The highest BCUT2D eigenvalue weighted by atomic mass is 32.1. The average Bonchev–Trinajstić information content (AvgIpc) is 3.30. The van der Waals surface area contributed by atoms with Crippen molar-refractivity contribution in [1.29, 1.82) is 0 Å². The molecule has 1 amide bonds. The van der Waals surface area contributed by atoms with Crippen molar-refractivity contribution in [2.75, 3.05) is 0 Å². The van der Waals surface area contributed by atoms with Gasteiger partial charge in [0.2, 0.25) is 0 Å². The zero-order valence-electron chi connectivity index (χ0n) is 15.3. The van der Waals surface area contributed by atoms with Gasteiger partial charge in [0.05, 0.1) is 15.9 Å². The molecule has 1 N–H and O–H groups in total. The molecule has 0 saturated heterocycles. The Morgan fingerprint density at radius 2 is 1.90 bits per heavy atom. The number of benzene rings is 3. The number of carbonyl (C=O) groups is 1. The third-order valence-corrected chi connectivity index (χ3v) is 5.79. The van der Waals surface area contributed by atoms with Gasteiger partial charge >= 0.3 is 0 Å². The van der Waals surface area contributed by atoms with Crippen LogP contribution in [0.1, 0.15) is 15.9 Å². The van der Waals surface area contributed by atoms with Gasteiger partial charge in [0.15, 0.2) is 4.96 Å². The van der Waals surface area contributed by atoms with Crippen molar-refractivity contribution >= 4 is 32.4 Å². The van der Waals surface area contributed by atoms with Gasteiger partial charge in [0.25, 0.3) is 5.91 Å². The minimum atomic E-state index is -0.310. The fourth-order valence-electron chi connectivity index (χ4n) is 3.32. The number of carbonyl (C=O) groups excluding carboxylic acids is 1. The average molecular weight is 401 g/mol. The van der Waals surface area contributed by atoms with Gasteiger partial charge in [-0.05, 0) is 35.9 Å². The minimum absolute atomic E-state index is 0.188. The van der Waals surface area contributed by atoms with Gasteiger partial charge < -0.3 is 5.32 Å². The molecule has 2 heterocycles. The highest BCUT2D eigenvalue weighted by molar-refractivity contribution is 7.23. The number of rotatable bonds is 4. The maximum atomic E-state index is 13.3. The summed E-state index contributed by atoms with van der Waals surface area (Å²) in [6.45, 7) is 0.281. The monoisotopic (exact) mass is 401 g/mol. The maximum absolute atomic E-state index is 13.3. The van der Waals surface area contributed by atoms with E-state index in [0.717, 1.165) is 32.0 Å². The van der Waals surface area contributed by atoms with E-state index in [0.29, 0.717) is 5.56 Å². The molecule has 2 aromatic heterocycles. The summed E-state index contributed by atoms with van der Waals surface area (Å²) < 4.78 is 16.3. The van der Waals surface area contributed by atoms with Crippen LogP contribution >= 0.6 is 11.3 Å². The number of thiazole rings is 1. The fraction of sp³-hybridized carbons (Fsp3) is 0.0435. The molecule has 0 unspecified atom stereocenters. The Bertz CT molecular complexity index is 1340. The van der Waals surface area contributed by atoms with Gasteiger partial charge in [-0.25, -0.2) is 9.37 Å². The molecule has 0 aliphatic heterocycles. The van der Waals surface area contributed by atoms with Gasteiger partial charge in [-0.3, -0.25) is 9.20 Å². The number of halogens is 1. The zero-order chi connectivity index (χ0) is 19.8. The highest BCUT2D eigenvalue weighted by Crippen LogP contribution is 2.30. The van der Waals surface area contributed by atoms with E-state index in [1.165, 1.54) is 12.1 Å². The van der Waals surface area contributed by atoms with E-state index >= 15 is 0 Å². The Morgan fingerprint density at radius 3 is 2.72 bits per heavy atom. The van der Waals surface area contributed by atoms with Gasteiger partial charge in [-0.2, -0.15) is 0 Å². The summed E-state index contributed by atoms with van der Waals surface area (Å²) in [5, 5.41) is 2.84. The first-order chi connectivity index (χ1) is 14.2. The summed E-state index contributed by atoms with van der Waals surface area (Å²) in [6.07, 6.45) is 2.02. The quantitative estimate of drug-likeness (QED) is 0.445. The third kappa shape index (κ3) is 3.39. The molecule has 4 nitrogen and oxygen atoms in total. The first-order valence-corrected chi connectivity index (χ1v) is 9.99. The molecule has 142 valence electrons. The highest BCUT2D eigenvalue weighted by Gasteiger charge is 2.13. The number of hydrogen-bond acceptors (Lipinski definition) is 3. The Balaban J connectivity index is 1.40. The normalized spacial score (nSPS) is 11.2. The van der Waals surface area contributed by atoms with Crippen LogP contribution in [0.25, 0.3) is 26.4 Å². The molecule has 0 aliphatic rings. The number of nitrogens with zero attached hydrogens (tertiary/aromatic N) is 2. The summed E-state index contributed by atoms with van der Waals surface area (Å²) in [5.74, 6) is -0.498. The van der Waals surface area contributed by atoms with Crippen LogP contribution in [-0.2, 0) is 6.54 Å². The lowest BCUT2D eigenvalue weighted by molar-refractivity contribution is 0.0951. The smallest absolute Gasteiger partial charge is 0.251 e. The Hall–Kier alpha value is -3.51. The van der Waals surface area contributed by atoms with Crippen LogP contribution < -0.4 is 5.32 Å². The van der Waals surface area contributed by atoms with Gasteiger partial charge in [-0.15, -0.1) is 0 Å². The predicted octanol–water partition coefficient (Wildman–Crippen LogP) is 5.29. The number of amides is 1. The van der Waals surface area contributed by atoms with Gasteiger partial charge in [0, 0.05) is 23.9 Å². The molecular formula is C23H16FN3OS. The van der Waals surface area contributed by atoms with Gasteiger partial charge in [0.1, 0.15) is 5.82 Å². The summed E-state index contributed by atoms with van der Waals surface area (Å²) in [6, 6.07) is 21.9. The summed E-state index contributed by atoms with van der Waals surface area (Å²) in [4.78, 5) is 18.1. The summed E-state index contributed by atoms with van der Waals surface area (Å²) >= 11 is 1.55. The molecule has 0 bridgehead atoms. The van der Waals surface area contributed by atoms with E-state index in [9.17, 15) is 9.18 Å². The molecule has 0 aliphatic carbocycles. The van der Waals surface area contributed by atoms with Crippen molar-refractivity contribution in [1.82, 2.24) is 14.7 Å². The molecule has 29 heavy (non-hydrogen) atoms. The van der Waals surface area contributed by atoms with Crippen molar-refractivity contribution in [3.8, 4) is 11.3 Å². The van der Waals surface area contributed by atoms with Crippen molar-refractivity contribution in [2.24, 2.45) is 0 Å². The van der Waals surface area contributed by atoms with Gasteiger partial charge in [-0.1, -0.05) is 53.8 Å². The SMILES string of the molecule is O=C(NCc1cccc(F)c1)c1ccc2c(c1)sc1nc(-c3ccccc3)cn12. The summed E-state index contributed by atoms with van der Waals surface area (Å²) in [7, 11) is 0. The molecule has 3 aromatic carbocycles. The molecule has 0 spiro atoms. The topological polar surface area (TPSA) is 46.4 Å². The second-order valence-electron chi connectivity index (χ2n) is 6.74. The Morgan fingerprint density at radius 1 is 1.03 bits per heavy atom. The van der Waals surface area contributed by atoms with E-state index in [4.69, 9.17) is 4.98 Å². The predicted molar refractivity (Wildman–Crippen MR) is 114 cm³/mol. The molecule has 5 rings (SSSR count). The van der Waals surface area contributed by atoms with E-state index < -0.39 is 0 Å². The zero-order valence-corrected chi connectivity index (χ0v) is 16.1. The van der Waals surface area contributed by atoms with E-state index in [1.807, 2.05) is 48.7 Å². The van der Waals surface area contributed by atoms with Crippen LogP contribution in [0.4, 0.5) is 4.39 Å². The van der Waals surface area contributed by atoms with Crippen molar-refractivity contribution in [3.05, 3.63) is 95.9 Å². The number of imidazole rings is 1. The van der Waals surface area contributed by atoms with E-state index in [-0.39, 0.29) is 18.3 Å². The van der Waals surface area contributed by atoms with Crippen LogP contribution in [0.2, 0.25) is 0 Å². The standard InChI is InChI=1S/C23H16FN3OS/c24-18-8-4-5-15(11-18)13-25-22(28)17-9-10-20-21(12-17)29-23-26-19(14-27(20)23)16-6-2-1-3-7-16/h1-12,14H,13H2,(H,25,28). The van der Waals surface area contributed by atoms with Crippen LogP contribution in [0, 0.1) is 5.82 Å². The lowest BCUT2D eigenvalue weighted by atomic mass is 10.1. The Labute approximate surface area is 170 Å². The number of fused-ring (bicyclic) bond motifs is 3.